The third kappa shape index (κ3) is 4.21. The van der Waals surface area contributed by atoms with Crippen molar-refractivity contribution < 1.29 is 4.74 Å². The second-order valence-corrected chi connectivity index (χ2v) is 7.33. The maximum absolute atomic E-state index is 6.42. The second kappa shape index (κ2) is 8.42. The van der Waals surface area contributed by atoms with Gasteiger partial charge in [-0.1, -0.05) is 17.7 Å². The van der Waals surface area contributed by atoms with Gasteiger partial charge in [0.15, 0.2) is 0 Å². The standard InChI is InChI=1S/C22H21ClN6O/c1-29(2)20-11-19-16(10-18(20)24)22(27-13-26-19)28-14-6-7-21(17(23)9-14)30-12-15-5-3-4-8-25-15/h3-11,13H,12,24H2,1-2H3,(H,26,27,28). The van der Waals surface area contributed by atoms with Gasteiger partial charge in [0, 0.05) is 31.4 Å². The molecule has 2 heterocycles. The van der Waals surface area contributed by atoms with Gasteiger partial charge in [-0.25, -0.2) is 9.97 Å². The summed E-state index contributed by atoms with van der Waals surface area (Å²) in [6.07, 6.45) is 3.25. The number of hydrogen-bond acceptors (Lipinski definition) is 7. The zero-order valence-electron chi connectivity index (χ0n) is 16.6. The van der Waals surface area contributed by atoms with Gasteiger partial charge in [0.1, 0.15) is 24.5 Å². The summed E-state index contributed by atoms with van der Waals surface area (Å²) in [6, 6.07) is 15.0. The van der Waals surface area contributed by atoms with Crippen molar-refractivity contribution in [1.29, 1.82) is 0 Å². The topological polar surface area (TPSA) is 89.2 Å². The first-order chi connectivity index (χ1) is 14.5. The summed E-state index contributed by atoms with van der Waals surface area (Å²) in [6.45, 7) is 0.345. The van der Waals surface area contributed by atoms with Gasteiger partial charge in [-0.15, -0.1) is 0 Å². The van der Waals surface area contributed by atoms with Crippen molar-refractivity contribution in [2.75, 3.05) is 30.0 Å². The van der Waals surface area contributed by atoms with Gasteiger partial charge in [0.25, 0.3) is 0 Å². The number of anilines is 4. The lowest BCUT2D eigenvalue weighted by Gasteiger charge is -2.17. The van der Waals surface area contributed by atoms with E-state index in [1.165, 1.54) is 6.33 Å². The fourth-order valence-corrected chi connectivity index (χ4v) is 3.30. The Bertz CT molecular complexity index is 1180. The molecule has 30 heavy (non-hydrogen) atoms. The highest BCUT2D eigenvalue weighted by molar-refractivity contribution is 6.32. The van der Waals surface area contributed by atoms with Crippen molar-refractivity contribution >= 4 is 45.4 Å². The molecular weight excluding hydrogens is 400 g/mol. The first-order valence-corrected chi connectivity index (χ1v) is 9.70. The highest BCUT2D eigenvalue weighted by Gasteiger charge is 2.11. The van der Waals surface area contributed by atoms with Crippen LogP contribution in [0.4, 0.5) is 22.9 Å². The minimum atomic E-state index is 0.345. The average Bonchev–Trinajstić information content (AvgIpc) is 2.74. The Balaban J connectivity index is 1.56. The molecule has 0 unspecified atom stereocenters. The summed E-state index contributed by atoms with van der Waals surface area (Å²) in [7, 11) is 3.88. The first kappa shape index (κ1) is 19.7. The van der Waals surface area contributed by atoms with Gasteiger partial charge >= 0.3 is 0 Å². The maximum Gasteiger partial charge on any atom is 0.141 e. The Morgan fingerprint density at radius 1 is 1.07 bits per heavy atom. The van der Waals surface area contributed by atoms with Crippen LogP contribution in [0, 0.1) is 0 Å². The zero-order chi connectivity index (χ0) is 21.1. The van der Waals surface area contributed by atoms with E-state index in [2.05, 4.69) is 20.3 Å². The molecule has 3 N–H and O–H groups in total. The van der Waals surface area contributed by atoms with Crippen LogP contribution in [0.3, 0.4) is 0 Å². The van der Waals surface area contributed by atoms with Crippen LogP contribution in [0.2, 0.25) is 5.02 Å². The Morgan fingerprint density at radius 3 is 2.67 bits per heavy atom. The van der Waals surface area contributed by atoms with Gasteiger partial charge < -0.3 is 20.7 Å². The molecule has 4 rings (SSSR count). The van der Waals surface area contributed by atoms with Gasteiger partial charge in [0.05, 0.1) is 27.6 Å². The van der Waals surface area contributed by atoms with Crippen molar-refractivity contribution in [3.8, 4) is 5.75 Å². The van der Waals surface area contributed by atoms with Crippen LogP contribution in [-0.2, 0) is 6.61 Å². The van der Waals surface area contributed by atoms with E-state index in [4.69, 9.17) is 22.1 Å². The number of hydrogen-bond donors (Lipinski definition) is 2. The normalized spacial score (nSPS) is 10.8. The molecule has 0 aliphatic heterocycles. The second-order valence-electron chi connectivity index (χ2n) is 6.92. The van der Waals surface area contributed by atoms with Crippen molar-refractivity contribution in [3.05, 3.63) is 71.8 Å². The number of nitrogens with two attached hydrogens (primary N) is 1. The number of fused-ring (bicyclic) bond motifs is 1. The van der Waals surface area contributed by atoms with Gasteiger partial charge in [-0.2, -0.15) is 0 Å². The Kier molecular flexibility index (Phi) is 5.54. The Labute approximate surface area is 179 Å². The highest BCUT2D eigenvalue weighted by Crippen LogP contribution is 2.33. The quantitative estimate of drug-likeness (QED) is 0.439. The molecule has 152 valence electrons. The summed E-state index contributed by atoms with van der Waals surface area (Å²) in [4.78, 5) is 14.9. The molecule has 2 aromatic heterocycles. The van der Waals surface area contributed by atoms with Crippen LogP contribution < -0.4 is 20.7 Å². The van der Waals surface area contributed by atoms with E-state index in [9.17, 15) is 0 Å². The third-order valence-corrected chi connectivity index (χ3v) is 4.86. The number of ether oxygens (including phenoxy) is 1. The molecule has 0 atom stereocenters. The molecule has 8 heteroatoms. The monoisotopic (exact) mass is 420 g/mol. The summed E-state index contributed by atoms with van der Waals surface area (Å²) in [5.74, 6) is 1.23. The first-order valence-electron chi connectivity index (χ1n) is 9.32. The number of benzene rings is 2. The molecule has 0 radical (unpaired) electrons. The van der Waals surface area contributed by atoms with Gasteiger partial charge in [-0.3, -0.25) is 4.98 Å². The fraction of sp³-hybridized carbons (Fsp3) is 0.136. The van der Waals surface area contributed by atoms with Crippen molar-refractivity contribution in [2.24, 2.45) is 0 Å². The van der Waals surface area contributed by atoms with Crippen LogP contribution in [-0.4, -0.2) is 29.0 Å². The smallest absolute Gasteiger partial charge is 0.141 e. The number of halogens is 1. The minimum Gasteiger partial charge on any atom is -0.486 e. The van der Waals surface area contributed by atoms with E-state index < -0.39 is 0 Å². The summed E-state index contributed by atoms with van der Waals surface area (Å²) >= 11 is 6.42. The van der Waals surface area contributed by atoms with Crippen LogP contribution in [0.25, 0.3) is 10.9 Å². The largest absolute Gasteiger partial charge is 0.486 e. The molecule has 0 bridgehead atoms. The highest BCUT2D eigenvalue weighted by atomic mass is 35.5. The van der Waals surface area contributed by atoms with E-state index in [-0.39, 0.29) is 0 Å². The molecule has 7 nitrogen and oxygen atoms in total. The maximum atomic E-state index is 6.42. The molecule has 0 aliphatic rings. The van der Waals surface area contributed by atoms with Crippen LogP contribution in [0.1, 0.15) is 5.69 Å². The van der Waals surface area contributed by atoms with Crippen molar-refractivity contribution in [2.45, 2.75) is 6.61 Å². The lowest BCUT2D eigenvalue weighted by molar-refractivity contribution is 0.301. The Morgan fingerprint density at radius 2 is 1.93 bits per heavy atom. The average molecular weight is 421 g/mol. The zero-order valence-corrected chi connectivity index (χ0v) is 17.4. The molecule has 0 saturated carbocycles. The van der Waals surface area contributed by atoms with E-state index in [1.807, 2.05) is 61.5 Å². The Hall–Kier alpha value is -3.58. The van der Waals surface area contributed by atoms with E-state index >= 15 is 0 Å². The number of nitrogens with zero attached hydrogens (tertiary/aromatic N) is 4. The number of nitrogens with one attached hydrogen (secondary N) is 1. The van der Waals surface area contributed by atoms with Crippen LogP contribution in [0.5, 0.6) is 5.75 Å². The third-order valence-electron chi connectivity index (χ3n) is 4.56. The van der Waals surface area contributed by atoms with Gasteiger partial charge in [-0.05, 0) is 42.5 Å². The number of pyridine rings is 1. The molecule has 0 amide bonds. The van der Waals surface area contributed by atoms with Gasteiger partial charge in [0.2, 0.25) is 0 Å². The van der Waals surface area contributed by atoms with Crippen LogP contribution >= 0.6 is 11.6 Å². The molecule has 4 aromatic rings. The predicted molar refractivity (Wildman–Crippen MR) is 122 cm³/mol. The predicted octanol–water partition coefficient (Wildman–Crippen LogP) is 4.65. The molecule has 0 fully saturated rings. The van der Waals surface area contributed by atoms with Crippen molar-refractivity contribution in [1.82, 2.24) is 15.0 Å². The molecule has 0 saturated heterocycles. The molecular formula is C22H21ClN6O. The fourth-order valence-electron chi connectivity index (χ4n) is 3.06. The molecule has 0 spiro atoms. The number of rotatable bonds is 6. The van der Waals surface area contributed by atoms with Crippen LogP contribution in [0.15, 0.2) is 61.1 Å². The summed E-state index contributed by atoms with van der Waals surface area (Å²) in [5.41, 5.74) is 10.2. The van der Waals surface area contributed by atoms with E-state index in [0.29, 0.717) is 28.9 Å². The molecule has 2 aromatic carbocycles. The van der Waals surface area contributed by atoms with Crippen molar-refractivity contribution in [3.63, 3.8) is 0 Å². The van der Waals surface area contributed by atoms with E-state index in [0.717, 1.165) is 28.0 Å². The lowest BCUT2D eigenvalue weighted by atomic mass is 10.1. The number of nitrogen functional groups attached to an aromatic ring is 1. The lowest BCUT2D eigenvalue weighted by Crippen LogP contribution is -2.11. The summed E-state index contributed by atoms with van der Waals surface area (Å²) in [5, 5.41) is 4.61. The minimum absolute atomic E-state index is 0.345. The number of aromatic nitrogens is 3. The van der Waals surface area contributed by atoms with E-state index in [1.54, 1.807) is 12.3 Å². The molecule has 0 aliphatic carbocycles. The SMILES string of the molecule is CN(C)c1cc2ncnc(Nc3ccc(OCc4ccccn4)c(Cl)c3)c2cc1N. The summed E-state index contributed by atoms with van der Waals surface area (Å²) < 4.78 is 5.78.